The number of likely N-dealkylation sites (tertiary alicyclic amines) is 1. The van der Waals surface area contributed by atoms with Crippen LogP contribution in [0.4, 0.5) is 9.59 Å². The molecule has 7 heteroatoms. The van der Waals surface area contributed by atoms with Crippen molar-refractivity contribution in [2.24, 2.45) is 0 Å². The van der Waals surface area contributed by atoms with Gasteiger partial charge in [0.25, 0.3) is 0 Å². The molecule has 0 atom stereocenters. The van der Waals surface area contributed by atoms with E-state index in [2.05, 4.69) is 23.6 Å². The number of benzene rings is 1. The van der Waals surface area contributed by atoms with Gasteiger partial charge in [-0.2, -0.15) is 0 Å². The predicted molar refractivity (Wildman–Crippen MR) is 99.5 cm³/mol. The molecule has 1 aromatic carbocycles. The van der Waals surface area contributed by atoms with Crippen LogP contribution in [-0.4, -0.2) is 55.9 Å². The van der Waals surface area contributed by atoms with Crippen LogP contribution in [0.5, 0.6) is 5.75 Å². The van der Waals surface area contributed by atoms with Gasteiger partial charge in [-0.25, -0.2) is 9.59 Å². The maximum atomic E-state index is 12.0. The fraction of sp³-hybridized carbons (Fsp3) is 0.579. The molecule has 1 aliphatic rings. The largest absolute Gasteiger partial charge is 0.492 e. The lowest BCUT2D eigenvalue weighted by Crippen LogP contribution is -2.49. The third-order valence-corrected chi connectivity index (χ3v) is 4.32. The molecule has 3 amide bonds. The Kier molecular flexibility index (Phi) is 8.05. The first-order valence-corrected chi connectivity index (χ1v) is 9.30. The Bertz CT molecular complexity index is 586. The lowest BCUT2D eigenvalue weighted by molar-refractivity contribution is 0.0957. The second-order valence-corrected chi connectivity index (χ2v) is 6.21. The van der Waals surface area contributed by atoms with Gasteiger partial charge in [0, 0.05) is 19.1 Å². The smallest absolute Gasteiger partial charge is 0.409 e. The Morgan fingerprint density at radius 3 is 2.69 bits per heavy atom. The minimum absolute atomic E-state index is 0.0721. The molecule has 0 bridgehead atoms. The molecule has 26 heavy (non-hydrogen) atoms. The van der Waals surface area contributed by atoms with Gasteiger partial charge >= 0.3 is 12.1 Å². The van der Waals surface area contributed by atoms with Gasteiger partial charge in [-0.15, -0.1) is 0 Å². The van der Waals surface area contributed by atoms with Crippen molar-refractivity contribution in [2.45, 2.75) is 39.2 Å². The highest BCUT2D eigenvalue weighted by molar-refractivity contribution is 5.74. The lowest BCUT2D eigenvalue weighted by atomic mass is 10.1. The van der Waals surface area contributed by atoms with E-state index < -0.39 is 0 Å². The van der Waals surface area contributed by atoms with E-state index in [0.717, 1.165) is 25.0 Å². The quantitative estimate of drug-likeness (QED) is 0.730. The third kappa shape index (κ3) is 6.46. The van der Waals surface area contributed by atoms with Crippen LogP contribution < -0.4 is 15.4 Å². The number of aryl methyl sites for hydroxylation is 1. The summed E-state index contributed by atoms with van der Waals surface area (Å²) in [6, 6.07) is 7.82. The molecule has 2 rings (SSSR count). The minimum atomic E-state index is -0.278. The summed E-state index contributed by atoms with van der Waals surface area (Å²) >= 11 is 0. The van der Waals surface area contributed by atoms with Gasteiger partial charge in [0.05, 0.1) is 13.2 Å². The molecule has 1 heterocycles. The maximum Gasteiger partial charge on any atom is 0.409 e. The van der Waals surface area contributed by atoms with E-state index in [4.69, 9.17) is 9.47 Å². The second kappa shape index (κ2) is 10.5. The van der Waals surface area contributed by atoms with Crippen molar-refractivity contribution in [1.29, 1.82) is 0 Å². The number of ether oxygens (including phenoxy) is 2. The van der Waals surface area contributed by atoms with Crippen LogP contribution in [0, 0.1) is 0 Å². The van der Waals surface area contributed by atoms with E-state index >= 15 is 0 Å². The summed E-state index contributed by atoms with van der Waals surface area (Å²) < 4.78 is 10.6. The van der Waals surface area contributed by atoms with Crippen LogP contribution in [0.1, 0.15) is 32.3 Å². The van der Waals surface area contributed by atoms with Gasteiger partial charge in [0.1, 0.15) is 12.4 Å². The van der Waals surface area contributed by atoms with Crippen molar-refractivity contribution in [1.82, 2.24) is 15.5 Å². The van der Waals surface area contributed by atoms with Crippen LogP contribution in [0.3, 0.4) is 0 Å². The Hall–Kier alpha value is -2.44. The minimum Gasteiger partial charge on any atom is -0.492 e. The molecule has 7 nitrogen and oxygen atoms in total. The van der Waals surface area contributed by atoms with Crippen molar-refractivity contribution in [3.05, 3.63) is 29.8 Å². The first-order valence-electron chi connectivity index (χ1n) is 9.30. The highest BCUT2D eigenvalue weighted by atomic mass is 16.6. The lowest BCUT2D eigenvalue weighted by Gasteiger charge is -2.31. The third-order valence-electron chi connectivity index (χ3n) is 4.32. The molecule has 0 unspecified atom stereocenters. The molecule has 2 N–H and O–H groups in total. The molecule has 144 valence electrons. The first-order chi connectivity index (χ1) is 12.6. The van der Waals surface area contributed by atoms with Crippen LogP contribution >= 0.6 is 0 Å². The molecule has 0 saturated carbocycles. The van der Waals surface area contributed by atoms with E-state index in [1.54, 1.807) is 11.8 Å². The summed E-state index contributed by atoms with van der Waals surface area (Å²) in [5.74, 6) is 0.817. The summed E-state index contributed by atoms with van der Waals surface area (Å²) in [7, 11) is 0. The number of nitrogens with zero attached hydrogens (tertiary/aromatic N) is 1. The zero-order valence-corrected chi connectivity index (χ0v) is 15.6. The molecule has 1 saturated heterocycles. The summed E-state index contributed by atoms with van der Waals surface area (Å²) in [6.45, 7) is 6.32. The highest BCUT2D eigenvalue weighted by Gasteiger charge is 2.24. The number of carbonyl (C=O) groups is 2. The molecule has 1 fully saturated rings. The molecule has 0 aromatic heterocycles. The summed E-state index contributed by atoms with van der Waals surface area (Å²) in [5, 5.41) is 5.75. The predicted octanol–water partition coefficient (Wildman–Crippen LogP) is 2.55. The zero-order chi connectivity index (χ0) is 18.8. The standard InChI is InChI=1S/C19H29N3O4/c1-3-15-6-5-7-17(14-15)26-13-10-20-18(23)21-16-8-11-22(12-9-16)19(24)25-4-2/h5-7,14,16H,3-4,8-13H2,1-2H3,(H2,20,21,23). The average molecular weight is 363 g/mol. The van der Waals surface area contributed by atoms with E-state index in [1.165, 1.54) is 5.56 Å². The zero-order valence-electron chi connectivity index (χ0n) is 15.6. The molecular formula is C19H29N3O4. The first kappa shape index (κ1) is 19.9. The number of hydrogen-bond donors (Lipinski definition) is 2. The Morgan fingerprint density at radius 1 is 1.23 bits per heavy atom. The second-order valence-electron chi connectivity index (χ2n) is 6.21. The van der Waals surface area contributed by atoms with Crippen LogP contribution in [0.15, 0.2) is 24.3 Å². The molecule has 1 aliphatic heterocycles. The van der Waals surface area contributed by atoms with Gasteiger partial charge in [-0.05, 0) is 43.9 Å². The average Bonchev–Trinajstić information content (AvgIpc) is 2.66. The van der Waals surface area contributed by atoms with Gasteiger partial charge < -0.3 is 25.0 Å². The number of nitrogens with one attached hydrogen (secondary N) is 2. The summed E-state index contributed by atoms with van der Waals surface area (Å²) in [6.07, 6.45) is 2.14. The number of amides is 3. The van der Waals surface area contributed by atoms with Crippen LogP contribution in [0.2, 0.25) is 0 Å². The number of rotatable bonds is 7. The Morgan fingerprint density at radius 2 is 2.00 bits per heavy atom. The molecule has 1 aromatic rings. The normalized spacial score (nSPS) is 14.6. The molecule has 0 spiro atoms. The molecule has 0 radical (unpaired) electrons. The number of hydrogen-bond acceptors (Lipinski definition) is 4. The van der Waals surface area contributed by atoms with Crippen LogP contribution in [-0.2, 0) is 11.2 Å². The van der Waals surface area contributed by atoms with Crippen molar-refractivity contribution in [2.75, 3.05) is 32.8 Å². The van der Waals surface area contributed by atoms with Gasteiger partial charge in [-0.1, -0.05) is 19.1 Å². The Balaban J connectivity index is 1.60. The van der Waals surface area contributed by atoms with Gasteiger partial charge in [0.15, 0.2) is 0 Å². The summed E-state index contributed by atoms with van der Waals surface area (Å²) in [4.78, 5) is 25.3. The number of carbonyl (C=O) groups excluding carboxylic acids is 2. The van der Waals surface area contributed by atoms with E-state index in [-0.39, 0.29) is 18.2 Å². The van der Waals surface area contributed by atoms with Gasteiger partial charge in [0.2, 0.25) is 0 Å². The number of piperidine rings is 1. The van der Waals surface area contributed by atoms with Crippen molar-refractivity contribution < 1.29 is 19.1 Å². The Labute approximate surface area is 155 Å². The molecular weight excluding hydrogens is 334 g/mol. The van der Waals surface area contributed by atoms with E-state index in [1.807, 2.05) is 18.2 Å². The highest BCUT2D eigenvalue weighted by Crippen LogP contribution is 2.13. The van der Waals surface area contributed by atoms with E-state index in [9.17, 15) is 9.59 Å². The van der Waals surface area contributed by atoms with Crippen LogP contribution in [0.25, 0.3) is 0 Å². The van der Waals surface area contributed by atoms with Crippen molar-refractivity contribution in [3.8, 4) is 5.75 Å². The van der Waals surface area contributed by atoms with Crippen molar-refractivity contribution >= 4 is 12.1 Å². The maximum absolute atomic E-state index is 12.0. The topological polar surface area (TPSA) is 79.9 Å². The fourth-order valence-corrected chi connectivity index (χ4v) is 2.85. The molecule has 0 aliphatic carbocycles. The fourth-order valence-electron chi connectivity index (χ4n) is 2.85. The summed E-state index contributed by atoms with van der Waals surface area (Å²) in [5.41, 5.74) is 1.22. The van der Waals surface area contributed by atoms with Gasteiger partial charge in [-0.3, -0.25) is 0 Å². The SMILES string of the molecule is CCOC(=O)N1CCC(NC(=O)NCCOc2cccc(CC)c2)CC1. The van der Waals surface area contributed by atoms with Crippen molar-refractivity contribution in [3.63, 3.8) is 0 Å². The monoisotopic (exact) mass is 363 g/mol. The number of urea groups is 1. The van der Waals surface area contributed by atoms with E-state index in [0.29, 0.717) is 32.8 Å².